The fraction of sp³-hybridized carbons (Fsp3) is 0.161. The molecule has 1 amide bonds. The smallest absolute Gasteiger partial charge is 0.324 e. The second kappa shape index (κ2) is 13.8. The van der Waals surface area contributed by atoms with Gasteiger partial charge in [-0.1, -0.05) is 84.9 Å². The average molecular weight is 579 g/mol. The third-order valence-electron chi connectivity index (χ3n) is 6.18. The minimum Gasteiger partial charge on any atom is -0.462 e. The molecule has 0 aromatic heterocycles. The molecule has 0 heterocycles. The van der Waals surface area contributed by atoms with Crippen LogP contribution in [0, 0.1) is 11.6 Å². The number of halogens is 2. The van der Waals surface area contributed by atoms with Gasteiger partial charge in [-0.05, 0) is 48.2 Å². The van der Waals surface area contributed by atoms with Crippen molar-refractivity contribution in [3.63, 3.8) is 0 Å². The number of sulfonamides is 1. The number of esters is 1. The van der Waals surface area contributed by atoms with Crippen LogP contribution >= 0.6 is 0 Å². The Bertz CT molecular complexity index is 1550. The minimum absolute atomic E-state index is 0.144. The molecule has 4 aromatic carbocycles. The molecule has 0 unspecified atom stereocenters. The number of amides is 1. The molecule has 2 N–H and O–H groups in total. The summed E-state index contributed by atoms with van der Waals surface area (Å²) in [7, 11) is -4.80. The maximum absolute atomic E-state index is 14.3. The average Bonchev–Trinajstić information content (AvgIpc) is 2.96. The Hall–Kier alpha value is -4.41. The molecule has 4 aromatic rings. The predicted molar refractivity (Wildman–Crippen MR) is 149 cm³/mol. The molecular weight excluding hydrogens is 550 g/mol. The lowest BCUT2D eigenvalue weighted by Crippen LogP contribution is -2.46. The molecule has 2 atom stereocenters. The van der Waals surface area contributed by atoms with Gasteiger partial charge in [0, 0.05) is 5.56 Å². The summed E-state index contributed by atoms with van der Waals surface area (Å²) in [5.41, 5.74) is 1.88. The van der Waals surface area contributed by atoms with Gasteiger partial charge in [0.15, 0.2) is 4.90 Å². The molecule has 0 bridgehead atoms. The highest BCUT2D eigenvalue weighted by Crippen LogP contribution is 2.19. The van der Waals surface area contributed by atoms with E-state index in [1.807, 2.05) is 30.3 Å². The Balaban J connectivity index is 1.54. The van der Waals surface area contributed by atoms with Crippen LogP contribution in [0.1, 0.15) is 21.5 Å². The first-order valence-electron chi connectivity index (χ1n) is 12.8. The maximum Gasteiger partial charge on any atom is 0.324 e. The van der Waals surface area contributed by atoms with Crippen molar-refractivity contribution in [2.24, 2.45) is 0 Å². The number of rotatable bonds is 12. The van der Waals surface area contributed by atoms with Crippen LogP contribution in [0.3, 0.4) is 0 Å². The van der Waals surface area contributed by atoms with Gasteiger partial charge in [0.1, 0.15) is 24.3 Å². The summed E-state index contributed by atoms with van der Waals surface area (Å²) in [6.45, 7) is -0.284. The summed E-state index contributed by atoms with van der Waals surface area (Å²) < 4.78 is 62.3. The Morgan fingerprint density at radius 3 is 1.78 bits per heavy atom. The van der Waals surface area contributed by atoms with Crippen LogP contribution in [0.5, 0.6) is 0 Å². The molecule has 0 radical (unpaired) electrons. The standard InChI is InChI=1S/C31H28F2N2O5S/c32-26-17-10-18-27(33)29(26)41(38,39)35-28(20-23-13-6-2-7-14-23)31(37)40-21-25(19-22-11-4-1-5-12-22)34-30(36)24-15-8-3-9-16-24/h1-18,25,28,35H,19-21H2,(H,34,36)/t25-,28+/m1/s1. The minimum atomic E-state index is -4.80. The Labute approximate surface area is 237 Å². The first-order chi connectivity index (χ1) is 19.7. The quantitative estimate of drug-likeness (QED) is 0.242. The summed E-state index contributed by atoms with van der Waals surface area (Å²) in [6.07, 6.45) is 0.177. The van der Waals surface area contributed by atoms with Gasteiger partial charge in [-0.3, -0.25) is 9.59 Å². The molecule has 7 nitrogen and oxygen atoms in total. The van der Waals surface area contributed by atoms with E-state index in [-0.39, 0.29) is 18.9 Å². The fourth-order valence-corrected chi connectivity index (χ4v) is 5.52. The van der Waals surface area contributed by atoms with Crippen molar-refractivity contribution in [2.45, 2.75) is 29.8 Å². The normalized spacial score (nSPS) is 12.7. The number of hydrogen-bond donors (Lipinski definition) is 2. The molecule has 212 valence electrons. The molecular formula is C31H28F2N2O5S. The van der Waals surface area contributed by atoms with Crippen LogP contribution in [0.2, 0.25) is 0 Å². The molecule has 0 saturated carbocycles. The SMILES string of the molecule is O=C(N[C@@H](COC(=O)[C@H](Cc1ccccc1)NS(=O)(=O)c1c(F)cccc1F)Cc1ccccc1)c1ccccc1. The number of nitrogens with one attached hydrogen (secondary N) is 2. The van der Waals surface area contributed by atoms with Crippen LogP contribution in [-0.4, -0.2) is 39.0 Å². The van der Waals surface area contributed by atoms with Crippen molar-refractivity contribution in [1.29, 1.82) is 0 Å². The molecule has 0 saturated heterocycles. The number of benzene rings is 4. The number of carbonyl (C=O) groups excluding carboxylic acids is 2. The molecule has 0 aliphatic carbocycles. The Morgan fingerprint density at radius 2 is 1.22 bits per heavy atom. The molecule has 0 aliphatic heterocycles. The third kappa shape index (κ3) is 8.29. The van der Waals surface area contributed by atoms with Gasteiger partial charge in [0.25, 0.3) is 5.91 Å². The van der Waals surface area contributed by atoms with E-state index in [1.165, 1.54) is 0 Å². The number of carbonyl (C=O) groups is 2. The van der Waals surface area contributed by atoms with Crippen molar-refractivity contribution in [2.75, 3.05) is 6.61 Å². The second-order valence-electron chi connectivity index (χ2n) is 9.27. The van der Waals surface area contributed by atoms with Crippen LogP contribution in [-0.2, 0) is 32.4 Å². The maximum atomic E-state index is 14.3. The molecule has 41 heavy (non-hydrogen) atoms. The highest BCUT2D eigenvalue weighted by atomic mass is 32.2. The van der Waals surface area contributed by atoms with Gasteiger partial charge in [-0.15, -0.1) is 0 Å². The molecule has 10 heteroatoms. The summed E-state index contributed by atoms with van der Waals surface area (Å²) >= 11 is 0. The summed E-state index contributed by atoms with van der Waals surface area (Å²) in [5, 5.41) is 2.86. The zero-order chi connectivity index (χ0) is 29.2. The van der Waals surface area contributed by atoms with Crippen LogP contribution < -0.4 is 10.0 Å². The Kier molecular flexibility index (Phi) is 9.94. The van der Waals surface area contributed by atoms with E-state index < -0.39 is 44.6 Å². The van der Waals surface area contributed by atoms with E-state index in [0.29, 0.717) is 17.5 Å². The summed E-state index contributed by atoms with van der Waals surface area (Å²) in [5.74, 6) is -3.94. The van der Waals surface area contributed by atoms with Crippen LogP contribution in [0.15, 0.2) is 114 Å². The molecule has 4 rings (SSSR count). The monoisotopic (exact) mass is 578 g/mol. The lowest BCUT2D eigenvalue weighted by atomic mass is 10.1. The first-order valence-corrected chi connectivity index (χ1v) is 14.3. The van der Waals surface area contributed by atoms with Crippen molar-refractivity contribution >= 4 is 21.9 Å². The van der Waals surface area contributed by atoms with Gasteiger partial charge in [0.2, 0.25) is 10.0 Å². The van der Waals surface area contributed by atoms with E-state index in [9.17, 15) is 26.8 Å². The highest BCUT2D eigenvalue weighted by Gasteiger charge is 2.32. The third-order valence-corrected chi connectivity index (χ3v) is 7.70. The molecule has 0 spiro atoms. The van der Waals surface area contributed by atoms with Gasteiger partial charge in [0.05, 0.1) is 6.04 Å². The van der Waals surface area contributed by atoms with Gasteiger partial charge in [-0.25, -0.2) is 17.2 Å². The van der Waals surface area contributed by atoms with Gasteiger partial charge < -0.3 is 10.1 Å². The lowest BCUT2D eigenvalue weighted by molar-refractivity contribution is -0.146. The topological polar surface area (TPSA) is 102 Å². The van der Waals surface area contributed by atoms with Gasteiger partial charge >= 0.3 is 5.97 Å². The zero-order valence-electron chi connectivity index (χ0n) is 21.9. The van der Waals surface area contributed by atoms with Crippen molar-refractivity contribution in [3.8, 4) is 0 Å². The lowest BCUT2D eigenvalue weighted by Gasteiger charge is -2.22. The zero-order valence-corrected chi connectivity index (χ0v) is 22.7. The van der Waals surface area contributed by atoms with Crippen molar-refractivity contribution in [3.05, 3.63) is 138 Å². The van der Waals surface area contributed by atoms with Crippen molar-refractivity contribution in [1.82, 2.24) is 10.0 Å². The van der Waals surface area contributed by atoms with E-state index in [1.54, 1.807) is 60.7 Å². The summed E-state index contributed by atoms with van der Waals surface area (Å²) in [4.78, 5) is 25.0. The van der Waals surface area contributed by atoms with E-state index in [4.69, 9.17) is 4.74 Å². The number of hydrogen-bond acceptors (Lipinski definition) is 5. The van der Waals surface area contributed by atoms with Crippen LogP contribution in [0.25, 0.3) is 0 Å². The largest absolute Gasteiger partial charge is 0.462 e. The summed E-state index contributed by atoms with van der Waals surface area (Å²) in [6, 6.07) is 26.8. The second-order valence-corrected chi connectivity index (χ2v) is 10.9. The first kappa shape index (κ1) is 29.6. The fourth-order valence-electron chi connectivity index (χ4n) is 4.20. The highest BCUT2D eigenvalue weighted by molar-refractivity contribution is 7.89. The van der Waals surface area contributed by atoms with E-state index >= 15 is 0 Å². The number of ether oxygens (including phenoxy) is 1. The predicted octanol–water partition coefficient (Wildman–Crippen LogP) is 4.44. The molecule has 0 fully saturated rings. The Morgan fingerprint density at radius 1 is 0.707 bits per heavy atom. The van der Waals surface area contributed by atoms with E-state index in [0.717, 1.165) is 23.8 Å². The molecule has 0 aliphatic rings. The van der Waals surface area contributed by atoms with Crippen molar-refractivity contribution < 1.29 is 31.5 Å². The van der Waals surface area contributed by atoms with E-state index in [2.05, 4.69) is 10.0 Å². The van der Waals surface area contributed by atoms with Crippen LogP contribution in [0.4, 0.5) is 8.78 Å². The van der Waals surface area contributed by atoms with Gasteiger partial charge in [-0.2, -0.15) is 4.72 Å².